The third-order valence-corrected chi connectivity index (χ3v) is 4.90. The summed E-state index contributed by atoms with van der Waals surface area (Å²) in [5, 5.41) is 16.3. The zero-order valence-electron chi connectivity index (χ0n) is 16.2. The van der Waals surface area contributed by atoms with Gasteiger partial charge in [-0.25, -0.2) is 9.59 Å². The summed E-state index contributed by atoms with van der Waals surface area (Å²) in [4.78, 5) is 27.5. The number of hydrogen-bond acceptors (Lipinski definition) is 4. The number of hydrogen-bond donors (Lipinski definition) is 2. The number of aromatic carboxylic acids is 1. The number of oxime groups is 1. The Morgan fingerprint density at radius 1 is 1.03 bits per heavy atom. The van der Waals surface area contributed by atoms with E-state index in [0.717, 1.165) is 21.7 Å². The van der Waals surface area contributed by atoms with Gasteiger partial charge < -0.3 is 20.2 Å². The Bertz CT molecular complexity index is 1320. The highest BCUT2D eigenvalue weighted by Crippen LogP contribution is 2.26. The molecule has 7 heteroatoms. The van der Waals surface area contributed by atoms with E-state index >= 15 is 0 Å². The van der Waals surface area contributed by atoms with Gasteiger partial charge in [0, 0.05) is 29.9 Å². The summed E-state index contributed by atoms with van der Waals surface area (Å²) in [5.41, 5.74) is 8.32. The Balaban J connectivity index is 1.85. The second-order valence-corrected chi connectivity index (χ2v) is 6.89. The first-order valence-electron chi connectivity index (χ1n) is 9.28. The molecule has 3 N–H and O–H groups in total. The van der Waals surface area contributed by atoms with Crippen LogP contribution in [0.1, 0.15) is 28.5 Å². The van der Waals surface area contributed by atoms with E-state index < -0.39 is 11.9 Å². The van der Waals surface area contributed by atoms with E-state index in [1.807, 2.05) is 42.5 Å². The van der Waals surface area contributed by atoms with Crippen LogP contribution in [-0.4, -0.2) is 27.4 Å². The van der Waals surface area contributed by atoms with Crippen molar-refractivity contribution in [2.24, 2.45) is 10.9 Å². The molecule has 0 aliphatic carbocycles. The van der Waals surface area contributed by atoms with Crippen molar-refractivity contribution in [2.75, 3.05) is 0 Å². The molecule has 0 atom stereocenters. The molecule has 4 rings (SSSR count). The summed E-state index contributed by atoms with van der Waals surface area (Å²) in [6.45, 7) is 1.60. The number of amidine groups is 1. The number of carbonyl (C=O) groups excluding carboxylic acids is 1. The summed E-state index contributed by atoms with van der Waals surface area (Å²) >= 11 is 0. The molecule has 0 saturated heterocycles. The topological polar surface area (TPSA) is 107 Å². The van der Waals surface area contributed by atoms with Gasteiger partial charge in [-0.05, 0) is 28.5 Å². The third kappa shape index (κ3) is 3.60. The minimum atomic E-state index is -1.02. The quantitative estimate of drug-likeness (QED) is 0.229. The molecule has 0 saturated carbocycles. The summed E-state index contributed by atoms with van der Waals surface area (Å²) < 4.78 is 1.74. The molecule has 0 aliphatic rings. The normalized spacial score (nSPS) is 11.7. The fourth-order valence-electron chi connectivity index (χ4n) is 3.53. The number of benzene rings is 3. The molecule has 0 radical (unpaired) electrons. The van der Waals surface area contributed by atoms with Crippen LogP contribution in [0.5, 0.6) is 0 Å². The number of aromatic nitrogens is 1. The number of carboxylic acids is 1. The van der Waals surface area contributed by atoms with E-state index in [4.69, 9.17) is 5.73 Å². The van der Waals surface area contributed by atoms with Crippen LogP contribution >= 0.6 is 0 Å². The van der Waals surface area contributed by atoms with Crippen LogP contribution in [0.3, 0.4) is 0 Å². The van der Waals surface area contributed by atoms with E-state index in [1.165, 1.54) is 6.92 Å². The molecule has 0 fully saturated rings. The zero-order valence-corrected chi connectivity index (χ0v) is 16.2. The van der Waals surface area contributed by atoms with Crippen molar-refractivity contribution < 1.29 is 19.5 Å². The Labute approximate surface area is 172 Å². The van der Waals surface area contributed by atoms with Crippen LogP contribution in [0.15, 0.2) is 71.9 Å². The summed E-state index contributed by atoms with van der Waals surface area (Å²) in [7, 11) is 0. The monoisotopic (exact) mass is 401 g/mol. The van der Waals surface area contributed by atoms with E-state index in [9.17, 15) is 14.7 Å². The molecule has 0 amide bonds. The average molecular weight is 401 g/mol. The van der Waals surface area contributed by atoms with Gasteiger partial charge in [-0.15, -0.1) is 0 Å². The predicted molar refractivity (Wildman–Crippen MR) is 114 cm³/mol. The molecule has 0 spiro atoms. The molecule has 4 aromatic rings. The van der Waals surface area contributed by atoms with Crippen molar-refractivity contribution in [1.29, 1.82) is 0 Å². The lowest BCUT2D eigenvalue weighted by Gasteiger charge is -2.12. The number of rotatable bonds is 5. The van der Waals surface area contributed by atoms with E-state index in [-0.39, 0.29) is 11.5 Å². The highest BCUT2D eigenvalue weighted by Gasteiger charge is 2.17. The molecule has 3 aromatic carbocycles. The Morgan fingerprint density at radius 3 is 2.57 bits per heavy atom. The zero-order chi connectivity index (χ0) is 21.3. The lowest BCUT2D eigenvalue weighted by molar-refractivity contribution is -0.140. The first kappa shape index (κ1) is 19.2. The maximum Gasteiger partial charge on any atom is 0.352 e. The van der Waals surface area contributed by atoms with Gasteiger partial charge in [0.15, 0.2) is 5.84 Å². The highest BCUT2D eigenvalue weighted by atomic mass is 16.7. The molecule has 0 unspecified atom stereocenters. The smallest absolute Gasteiger partial charge is 0.352 e. The van der Waals surface area contributed by atoms with Gasteiger partial charge in [0.05, 0.1) is 0 Å². The number of nitrogens with zero attached hydrogens (tertiary/aromatic N) is 2. The second-order valence-electron chi connectivity index (χ2n) is 6.89. The van der Waals surface area contributed by atoms with Crippen molar-refractivity contribution in [3.05, 3.63) is 83.6 Å². The van der Waals surface area contributed by atoms with Crippen molar-refractivity contribution in [2.45, 2.75) is 13.5 Å². The van der Waals surface area contributed by atoms with E-state index in [2.05, 4.69) is 9.99 Å². The average Bonchev–Trinajstić information content (AvgIpc) is 3.10. The Morgan fingerprint density at radius 2 is 1.80 bits per heavy atom. The first-order chi connectivity index (χ1) is 14.4. The largest absolute Gasteiger partial charge is 0.477 e. The van der Waals surface area contributed by atoms with E-state index in [1.54, 1.807) is 28.8 Å². The Hall–Kier alpha value is -4.13. The number of carbonyl (C=O) groups is 2. The maximum atomic E-state index is 11.9. The molecule has 150 valence electrons. The van der Waals surface area contributed by atoms with Crippen molar-refractivity contribution in [3.8, 4) is 0 Å². The molecule has 1 aromatic heterocycles. The van der Waals surface area contributed by atoms with Gasteiger partial charge in [-0.1, -0.05) is 59.8 Å². The van der Waals surface area contributed by atoms with E-state index in [0.29, 0.717) is 17.6 Å². The van der Waals surface area contributed by atoms with Crippen molar-refractivity contribution >= 4 is 39.4 Å². The summed E-state index contributed by atoms with van der Waals surface area (Å²) in [6.07, 6.45) is 0. The van der Waals surface area contributed by atoms with Crippen LogP contribution in [0.4, 0.5) is 0 Å². The van der Waals surface area contributed by atoms with Gasteiger partial charge in [0.1, 0.15) is 5.69 Å². The first-order valence-corrected chi connectivity index (χ1v) is 9.28. The number of fused-ring (bicyclic) bond motifs is 2. The standard InChI is InChI=1S/C23H19N3O4/c1-14(27)30-25-22(24)17-10-9-16-11-21(23(28)29)26(20(16)12-17)13-18-7-4-6-15-5-2-3-8-19(15)18/h2-12H,13H2,1H3,(H2,24,25)(H,28,29). The van der Waals surface area contributed by atoms with Gasteiger partial charge in [-0.2, -0.15) is 0 Å². The second kappa shape index (κ2) is 7.71. The highest BCUT2D eigenvalue weighted by molar-refractivity contribution is 6.02. The number of nitrogens with two attached hydrogens (primary N) is 1. The van der Waals surface area contributed by atoms with Crippen molar-refractivity contribution in [3.63, 3.8) is 0 Å². The van der Waals surface area contributed by atoms with Gasteiger partial charge >= 0.3 is 11.9 Å². The fourth-order valence-corrected chi connectivity index (χ4v) is 3.53. The molecule has 0 bridgehead atoms. The van der Waals surface area contributed by atoms with Crippen LogP contribution in [0.25, 0.3) is 21.7 Å². The molecular formula is C23H19N3O4. The van der Waals surface area contributed by atoms with Crippen LogP contribution < -0.4 is 5.73 Å². The van der Waals surface area contributed by atoms with Gasteiger partial charge in [-0.3, -0.25) is 0 Å². The predicted octanol–water partition coefficient (Wildman–Crippen LogP) is 3.72. The van der Waals surface area contributed by atoms with Crippen LogP contribution in [0, 0.1) is 0 Å². The molecule has 7 nitrogen and oxygen atoms in total. The minimum absolute atomic E-state index is 0.0295. The minimum Gasteiger partial charge on any atom is -0.477 e. The molecule has 0 aliphatic heterocycles. The van der Waals surface area contributed by atoms with Crippen molar-refractivity contribution in [1.82, 2.24) is 4.57 Å². The van der Waals surface area contributed by atoms with Crippen LogP contribution in [0.2, 0.25) is 0 Å². The Kier molecular flexibility index (Phi) is 4.93. The van der Waals surface area contributed by atoms with Gasteiger partial charge in [0.25, 0.3) is 0 Å². The summed E-state index contributed by atoms with van der Waals surface area (Å²) in [6, 6.07) is 20.8. The van der Waals surface area contributed by atoms with Gasteiger partial charge in [0.2, 0.25) is 0 Å². The molecule has 30 heavy (non-hydrogen) atoms. The lowest BCUT2D eigenvalue weighted by atomic mass is 10.0. The molecule has 1 heterocycles. The third-order valence-electron chi connectivity index (χ3n) is 4.90. The molecular weight excluding hydrogens is 382 g/mol. The maximum absolute atomic E-state index is 11.9. The number of carboxylic acid groups (broad SMARTS) is 1. The fraction of sp³-hybridized carbons (Fsp3) is 0.0870. The SMILES string of the molecule is CC(=O)O/N=C(/N)c1ccc2cc(C(=O)O)n(Cc3cccc4ccccc34)c2c1. The summed E-state index contributed by atoms with van der Waals surface area (Å²) in [5.74, 6) is -1.57. The van der Waals surface area contributed by atoms with Crippen LogP contribution in [-0.2, 0) is 16.2 Å². The lowest BCUT2D eigenvalue weighted by Crippen LogP contribution is -2.15.